The van der Waals surface area contributed by atoms with Crippen molar-refractivity contribution in [1.29, 1.82) is 0 Å². The van der Waals surface area contributed by atoms with Crippen molar-refractivity contribution >= 4 is 46.2 Å². The molecule has 0 saturated carbocycles. The number of nitrogens with two attached hydrogens (primary N) is 2. The standard InChI is InChI=1S/C13H19N5O4S.2C2HF3O2/c1-7-10(23-13(16-7)17-12(14)15)11(21)18-4-2-8(3-5-18)22-6-9(19)20;2*3-2(4,5)1(6)7/h8H,2-6H2,1H3,(H,19,20)(H4,14,15,16,17);2*(H,6,7). The second kappa shape index (κ2) is 14.2. The van der Waals surface area contributed by atoms with Gasteiger partial charge in [-0.2, -0.15) is 31.3 Å². The van der Waals surface area contributed by atoms with Crippen LogP contribution in [0.15, 0.2) is 4.99 Å². The van der Waals surface area contributed by atoms with Gasteiger partial charge in [-0.3, -0.25) is 4.79 Å². The molecule has 1 aromatic rings. The molecule has 1 aliphatic rings. The summed E-state index contributed by atoms with van der Waals surface area (Å²) in [5.41, 5.74) is 11.2. The van der Waals surface area contributed by atoms with Crippen LogP contribution in [0.3, 0.4) is 0 Å². The van der Waals surface area contributed by atoms with Gasteiger partial charge in [0.25, 0.3) is 5.91 Å². The monoisotopic (exact) mass is 569 g/mol. The summed E-state index contributed by atoms with van der Waals surface area (Å²) in [6.07, 6.45) is -9.08. The summed E-state index contributed by atoms with van der Waals surface area (Å²) in [6, 6.07) is 0. The fraction of sp³-hybridized carbons (Fsp3) is 0.529. The van der Waals surface area contributed by atoms with Crippen molar-refractivity contribution < 1.29 is 65.6 Å². The molecule has 20 heteroatoms. The van der Waals surface area contributed by atoms with Crippen molar-refractivity contribution in [3.8, 4) is 0 Å². The first-order valence-corrected chi connectivity index (χ1v) is 10.4. The van der Waals surface area contributed by atoms with Gasteiger partial charge >= 0.3 is 30.3 Å². The number of alkyl halides is 6. The Morgan fingerprint density at radius 1 is 1.03 bits per heavy atom. The molecule has 0 atom stereocenters. The number of carbonyl (C=O) groups excluding carboxylic acids is 1. The Balaban J connectivity index is 0.000000761. The number of carbonyl (C=O) groups is 4. The van der Waals surface area contributed by atoms with Crippen LogP contribution in [-0.2, 0) is 19.1 Å². The minimum absolute atomic E-state index is 0.103. The van der Waals surface area contributed by atoms with Gasteiger partial charge in [0.1, 0.15) is 11.5 Å². The van der Waals surface area contributed by atoms with E-state index in [-0.39, 0.29) is 24.6 Å². The number of piperidine rings is 1. The minimum Gasteiger partial charge on any atom is -0.480 e. The van der Waals surface area contributed by atoms with Gasteiger partial charge in [-0.15, -0.1) is 0 Å². The maximum Gasteiger partial charge on any atom is 0.490 e. The number of aliphatic carboxylic acids is 3. The molecule has 0 spiro atoms. The first-order valence-electron chi connectivity index (χ1n) is 9.55. The molecule has 0 unspecified atom stereocenters. The Morgan fingerprint density at radius 3 is 1.81 bits per heavy atom. The van der Waals surface area contributed by atoms with Crippen molar-refractivity contribution in [2.45, 2.75) is 38.2 Å². The van der Waals surface area contributed by atoms with E-state index in [0.717, 1.165) is 11.3 Å². The lowest BCUT2D eigenvalue weighted by Gasteiger charge is -2.31. The highest BCUT2D eigenvalue weighted by molar-refractivity contribution is 7.17. The van der Waals surface area contributed by atoms with E-state index in [0.29, 0.717) is 41.6 Å². The summed E-state index contributed by atoms with van der Waals surface area (Å²) < 4.78 is 68.7. The molecule has 2 rings (SSSR count). The number of hydrogen-bond donors (Lipinski definition) is 5. The average Bonchev–Trinajstić information content (AvgIpc) is 3.10. The second-order valence-corrected chi connectivity index (χ2v) is 7.73. The van der Waals surface area contributed by atoms with Crippen LogP contribution >= 0.6 is 11.3 Å². The predicted molar refractivity (Wildman–Crippen MR) is 112 cm³/mol. The number of aryl methyl sites for hydroxylation is 1. The number of hydrogen-bond acceptors (Lipinski definition) is 8. The lowest BCUT2D eigenvalue weighted by Crippen LogP contribution is -2.41. The summed E-state index contributed by atoms with van der Waals surface area (Å²) in [7, 11) is 0. The summed E-state index contributed by atoms with van der Waals surface area (Å²) in [6.45, 7) is 2.45. The molecule has 37 heavy (non-hydrogen) atoms. The highest BCUT2D eigenvalue weighted by Crippen LogP contribution is 2.27. The summed E-state index contributed by atoms with van der Waals surface area (Å²) in [5, 5.41) is 23.2. The number of ether oxygens (including phenoxy) is 1. The van der Waals surface area contributed by atoms with E-state index >= 15 is 0 Å². The number of rotatable bonds is 5. The quantitative estimate of drug-likeness (QED) is 0.193. The van der Waals surface area contributed by atoms with Crippen molar-refractivity contribution in [3.63, 3.8) is 0 Å². The van der Waals surface area contributed by atoms with Crippen LogP contribution in [0.5, 0.6) is 0 Å². The average molecular weight is 569 g/mol. The Hall–Kier alpha value is -3.68. The molecule has 13 nitrogen and oxygen atoms in total. The van der Waals surface area contributed by atoms with E-state index in [2.05, 4.69) is 9.98 Å². The van der Waals surface area contributed by atoms with Crippen molar-refractivity contribution in [2.75, 3.05) is 19.7 Å². The lowest BCUT2D eigenvalue weighted by molar-refractivity contribution is -0.193. The molecular formula is C17H21F6N5O8S. The largest absolute Gasteiger partial charge is 0.490 e. The number of amides is 1. The van der Waals surface area contributed by atoms with Gasteiger partial charge in [0.05, 0.1) is 11.8 Å². The van der Waals surface area contributed by atoms with Crippen molar-refractivity contribution in [3.05, 3.63) is 10.6 Å². The van der Waals surface area contributed by atoms with E-state index in [1.807, 2.05) is 0 Å². The van der Waals surface area contributed by atoms with Gasteiger partial charge in [-0.25, -0.2) is 19.4 Å². The van der Waals surface area contributed by atoms with Gasteiger partial charge < -0.3 is 36.4 Å². The third-order valence-corrected chi connectivity index (χ3v) is 4.90. The van der Waals surface area contributed by atoms with Gasteiger partial charge in [-0.1, -0.05) is 11.3 Å². The summed E-state index contributed by atoms with van der Waals surface area (Å²) >= 11 is 1.15. The van der Waals surface area contributed by atoms with Crippen LogP contribution < -0.4 is 11.5 Å². The molecule has 0 bridgehead atoms. The van der Waals surface area contributed by atoms with Crippen LogP contribution in [0.4, 0.5) is 31.5 Å². The Labute approximate surface area is 207 Å². The first kappa shape index (κ1) is 33.3. The predicted octanol–water partition coefficient (Wildman–Crippen LogP) is 1.33. The normalized spacial score (nSPS) is 13.9. The van der Waals surface area contributed by atoms with E-state index in [9.17, 15) is 35.9 Å². The molecule has 0 aliphatic carbocycles. The molecule has 1 aromatic heterocycles. The summed E-state index contributed by atoms with van der Waals surface area (Å²) in [4.78, 5) is 51.1. The first-order chi connectivity index (χ1) is 16.7. The Morgan fingerprint density at radius 2 is 1.46 bits per heavy atom. The van der Waals surface area contributed by atoms with E-state index < -0.39 is 30.3 Å². The number of halogens is 6. The zero-order valence-electron chi connectivity index (χ0n) is 18.7. The van der Waals surface area contributed by atoms with Crippen LogP contribution in [0.1, 0.15) is 28.2 Å². The van der Waals surface area contributed by atoms with Crippen LogP contribution in [-0.4, -0.2) is 93.1 Å². The number of likely N-dealkylation sites (tertiary alicyclic amines) is 1. The van der Waals surface area contributed by atoms with Gasteiger partial charge in [0, 0.05) is 13.1 Å². The van der Waals surface area contributed by atoms with Crippen molar-refractivity contribution in [2.24, 2.45) is 16.5 Å². The van der Waals surface area contributed by atoms with Crippen molar-refractivity contribution in [1.82, 2.24) is 9.88 Å². The molecular weight excluding hydrogens is 548 g/mol. The molecule has 1 saturated heterocycles. The van der Waals surface area contributed by atoms with Gasteiger partial charge in [0.15, 0.2) is 5.96 Å². The van der Waals surface area contributed by atoms with Crippen LogP contribution in [0, 0.1) is 6.92 Å². The number of guanidine groups is 1. The molecule has 2 heterocycles. The molecule has 0 radical (unpaired) electrons. The van der Waals surface area contributed by atoms with Crippen LogP contribution in [0.2, 0.25) is 0 Å². The third-order valence-electron chi connectivity index (χ3n) is 3.86. The van der Waals surface area contributed by atoms with Crippen LogP contribution in [0.25, 0.3) is 0 Å². The highest BCUT2D eigenvalue weighted by atomic mass is 32.1. The Kier molecular flexibility index (Phi) is 12.8. The number of carboxylic acids is 3. The van der Waals surface area contributed by atoms with E-state index in [4.69, 9.17) is 41.1 Å². The fourth-order valence-electron chi connectivity index (χ4n) is 2.30. The minimum atomic E-state index is -5.08. The smallest absolute Gasteiger partial charge is 0.480 e. The molecule has 0 aromatic carbocycles. The van der Waals surface area contributed by atoms with Gasteiger partial charge in [0.2, 0.25) is 5.13 Å². The fourth-order valence-corrected chi connectivity index (χ4v) is 3.22. The topological polar surface area (TPSA) is 219 Å². The van der Waals surface area contributed by atoms with E-state index in [1.165, 1.54) is 0 Å². The Bertz CT molecular complexity index is 962. The number of thiazole rings is 1. The van der Waals surface area contributed by atoms with Gasteiger partial charge in [-0.05, 0) is 19.8 Å². The SMILES string of the molecule is Cc1nc(N=C(N)N)sc1C(=O)N1CCC(OCC(=O)O)CC1.O=C(O)C(F)(F)F.O=C(O)C(F)(F)F. The van der Waals surface area contributed by atoms with E-state index in [1.54, 1.807) is 11.8 Å². The second-order valence-electron chi connectivity index (χ2n) is 6.75. The third kappa shape index (κ3) is 13.3. The molecule has 210 valence electrons. The lowest BCUT2D eigenvalue weighted by atomic mass is 10.1. The molecule has 1 fully saturated rings. The molecule has 7 N–H and O–H groups in total. The summed E-state index contributed by atoms with van der Waals surface area (Å²) in [5.74, 6) is -6.72. The number of carboxylic acid groups (broad SMARTS) is 3. The highest BCUT2D eigenvalue weighted by Gasteiger charge is 2.38. The maximum absolute atomic E-state index is 12.5. The number of nitrogens with zero attached hydrogens (tertiary/aromatic N) is 3. The zero-order valence-corrected chi connectivity index (χ0v) is 19.5. The molecule has 1 amide bonds. The number of aromatic nitrogens is 1. The zero-order chi connectivity index (χ0) is 29.1. The maximum atomic E-state index is 12.5. The molecule has 1 aliphatic heterocycles. The number of aliphatic imine (C=N–C) groups is 1.